The maximum Gasteiger partial charge on any atom is 0.335 e. The molecule has 10 nitrogen and oxygen atoms in total. The van der Waals surface area contributed by atoms with Crippen LogP contribution in [0.2, 0.25) is 0 Å². The summed E-state index contributed by atoms with van der Waals surface area (Å²) in [6.45, 7) is 2.09. The minimum absolute atomic E-state index is 0.409. The molecule has 0 unspecified atom stereocenters. The zero-order chi connectivity index (χ0) is 19.1. The van der Waals surface area contributed by atoms with Crippen LogP contribution in [0, 0.1) is 20.2 Å². The van der Waals surface area contributed by atoms with Gasteiger partial charge < -0.3 is 15.9 Å². The predicted octanol–water partition coefficient (Wildman–Crippen LogP) is 1.26. The van der Waals surface area contributed by atoms with Gasteiger partial charge in [0.2, 0.25) is 0 Å². The largest absolute Gasteiger partial charge is 0.867 e. The number of carboxylic acids is 1. The van der Waals surface area contributed by atoms with Crippen LogP contribution < -0.4 is 10.8 Å². The summed E-state index contributed by atoms with van der Waals surface area (Å²) < 4.78 is 0. The Morgan fingerprint density at radius 2 is 1.68 bits per heavy atom. The number of nitro benzene ring substituents is 2. The zero-order valence-corrected chi connectivity index (χ0v) is 13.1. The number of benzene rings is 2. The van der Waals surface area contributed by atoms with Crippen LogP contribution in [0.15, 0.2) is 42.5 Å². The molecule has 2 aromatic rings. The molecule has 0 amide bonds. The normalized spacial score (nSPS) is 11.0. The fourth-order valence-electron chi connectivity index (χ4n) is 1.78. The fraction of sp³-hybridized carbons (Fsp3) is 0.133. The van der Waals surface area contributed by atoms with E-state index in [9.17, 15) is 30.1 Å². The Bertz CT molecular complexity index is 756. The molecule has 0 bridgehead atoms. The van der Waals surface area contributed by atoms with Crippen LogP contribution in [-0.4, -0.2) is 20.9 Å². The molecule has 0 fully saturated rings. The molecule has 0 aliphatic rings. The maximum atomic E-state index is 11.2. The van der Waals surface area contributed by atoms with E-state index in [2.05, 4.69) is 24.8 Å². The third kappa shape index (κ3) is 5.25. The van der Waals surface area contributed by atoms with Crippen molar-refractivity contribution in [3.8, 4) is 5.75 Å². The zero-order valence-electron chi connectivity index (χ0n) is 13.1. The summed E-state index contributed by atoms with van der Waals surface area (Å²) in [6.07, 6.45) is 0. The lowest BCUT2D eigenvalue weighted by atomic mass is 10.1. The van der Waals surface area contributed by atoms with Crippen LogP contribution >= 0.6 is 0 Å². The summed E-state index contributed by atoms with van der Waals surface area (Å²) in [5, 5.41) is 40.4. The Balaban J connectivity index is 0.000000293. The SMILES string of the molecule is C[C@H]([NH3+])c1ccccc1.O=C(O)c1cc([N+](=O)[O-])cc([N+](=O)[O-])c1[O-]. The van der Waals surface area contributed by atoms with Crippen LogP contribution in [0.1, 0.15) is 28.9 Å². The van der Waals surface area contributed by atoms with Crippen molar-refractivity contribution in [2.24, 2.45) is 0 Å². The number of nitrogens with zero attached hydrogens (tertiary/aromatic N) is 2. The van der Waals surface area contributed by atoms with Crippen molar-refractivity contribution in [1.29, 1.82) is 0 Å². The van der Waals surface area contributed by atoms with Crippen molar-refractivity contribution in [3.63, 3.8) is 0 Å². The van der Waals surface area contributed by atoms with E-state index < -0.39 is 38.5 Å². The van der Waals surface area contributed by atoms with Crippen molar-refractivity contribution >= 4 is 17.3 Å². The second-order valence-corrected chi connectivity index (χ2v) is 4.97. The minimum atomic E-state index is -1.75. The van der Waals surface area contributed by atoms with E-state index in [4.69, 9.17) is 5.11 Å². The van der Waals surface area contributed by atoms with Gasteiger partial charge in [-0.1, -0.05) is 30.3 Å². The van der Waals surface area contributed by atoms with Crippen molar-refractivity contribution in [1.82, 2.24) is 0 Å². The average Bonchev–Trinajstić information content (AvgIpc) is 2.55. The molecule has 0 aliphatic heterocycles. The molecule has 0 aliphatic carbocycles. The monoisotopic (exact) mass is 349 g/mol. The van der Waals surface area contributed by atoms with Crippen molar-refractivity contribution in [2.45, 2.75) is 13.0 Å². The molecule has 0 aromatic heterocycles. The second-order valence-electron chi connectivity index (χ2n) is 4.97. The topological polar surface area (TPSA) is 174 Å². The molecule has 0 saturated carbocycles. The summed E-state index contributed by atoms with van der Waals surface area (Å²) >= 11 is 0. The van der Waals surface area contributed by atoms with Crippen LogP contribution in [0.5, 0.6) is 5.75 Å². The predicted molar refractivity (Wildman–Crippen MR) is 83.9 cm³/mol. The Hall–Kier alpha value is -3.53. The van der Waals surface area contributed by atoms with E-state index >= 15 is 0 Å². The van der Waals surface area contributed by atoms with E-state index in [1.54, 1.807) is 0 Å². The molecule has 1 atom stereocenters. The van der Waals surface area contributed by atoms with Crippen molar-refractivity contribution in [2.75, 3.05) is 0 Å². The van der Waals surface area contributed by atoms with Gasteiger partial charge in [-0.3, -0.25) is 20.2 Å². The number of quaternary nitrogens is 1. The minimum Gasteiger partial charge on any atom is -0.867 e. The Kier molecular flexibility index (Phi) is 6.52. The number of hydrogen-bond acceptors (Lipinski definition) is 6. The molecule has 2 aromatic carbocycles. The van der Waals surface area contributed by atoms with Crippen LogP contribution in [0.4, 0.5) is 11.4 Å². The first kappa shape index (κ1) is 19.5. The van der Waals surface area contributed by atoms with Gasteiger partial charge in [-0.2, -0.15) is 0 Å². The molecule has 25 heavy (non-hydrogen) atoms. The van der Waals surface area contributed by atoms with E-state index in [0.717, 1.165) is 0 Å². The Morgan fingerprint density at radius 3 is 2.04 bits per heavy atom. The number of aromatic carboxylic acids is 1. The summed E-state index contributed by atoms with van der Waals surface area (Å²) in [6, 6.07) is 11.6. The average molecular weight is 349 g/mol. The van der Waals surface area contributed by atoms with Gasteiger partial charge in [-0.25, -0.2) is 4.79 Å². The fourth-order valence-corrected chi connectivity index (χ4v) is 1.78. The Labute approximate surface area is 141 Å². The van der Waals surface area contributed by atoms with Gasteiger partial charge in [-0.05, 0) is 12.7 Å². The van der Waals surface area contributed by atoms with Crippen molar-refractivity contribution in [3.05, 3.63) is 73.8 Å². The van der Waals surface area contributed by atoms with Gasteiger partial charge in [0.05, 0.1) is 21.5 Å². The quantitative estimate of drug-likeness (QED) is 0.616. The number of nitro groups is 2. The van der Waals surface area contributed by atoms with Crippen LogP contribution in [0.25, 0.3) is 0 Å². The van der Waals surface area contributed by atoms with E-state index in [0.29, 0.717) is 18.2 Å². The molecular formula is C15H15N3O7. The Morgan fingerprint density at radius 1 is 1.12 bits per heavy atom. The van der Waals surface area contributed by atoms with E-state index in [-0.39, 0.29) is 0 Å². The molecule has 0 saturated heterocycles. The number of carboxylic acid groups (broad SMARTS) is 1. The lowest BCUT2D eigenvalue weighted by molar-refractivity contribution is -0.420. The molecule has 132 valence electrons. The molecular weight excluding hydrogens is 334 g/mol. The first-order chi connectivity index (χ1) is 11.6. The first-order valence-corrected chi connectivity index (χ1v) is 6.90. The molecule has 0 heterocycles. The molecule has 0 spiro atoms. The number of rotatable bonds is 4. The highest BCUT2D eigenvalue weighted by molar-refractivity contribution is 5.93. The third-order valence-electron chi connectivity index (χ3n) is 3.06. The van der Waals surface area contributed by atoms with Crippen molar-refractivity contribution < 1.29 is 30.6 Å². The summed E-state index contributed by atoms with van der Waals surface area (Å²) in [5.74, 6) is -3.11. The summed E-state index contributed by atoms with van der Waals surface area (Å²) in [7, 11) is 0. The highest BCUT2D eigenvalue weighted by atomic mass is 16.6. The number of carbonyl (C=O) groups is 1. The third-order valence-corrected chi connectivity index (χ3v) is 3.06. The molecule has 2 rings (SSSR count). The molecule has 4 N–H and O–H groups in total. The standard InChI is InChI=1S/C8H11N.C7H4N2O7/c1-7(9)8-5-3-2-4-6-8;10-6-4(7(11)12)1-3(8(13)14)2-5(6)9(15)16/h2-7H,9H2,1H3;1-2,10H,(H,11,12)/t7-;/m0./s1. The summed E-state index contributed by atoms with van der Waals surface area (Å²) in [5.41, 5.74) is 2.26. The summed E-state index contributed by atoms with van der Waals surface area (Å²) in [4.78, 5) is 29.1. The van der Waals surface area contributed by atoms with Gasteiger partial charge in [0.15, 0.2) is 0 Å². The van der Waals surface area contributed by atoms with Gasteiger partial charge in [0.1, 0.15) is 6.04 Å². The number of non-ortho nitro benzene ring substituents is 1. The van der Waals surface area contributed by atoms with E-state index in [1.807, 2.05) is 18.2 Å². The molecule has 0 radical (unpaired) electrons. The highest BCUT2D eigenvalue weighted by Gasteiger charge is 2.21. The smallest absolute Gasteiger partial charge is 0.335 e. The van der Waals surface area contributed by atoms with Crippen LogP contribution in [0.3, 0.4) is 0 Å². The van der Waals surface area contributed by atoms with E-state index in [1.165, 1.54) is 5.56 Å². The van der Waals surface area contributed by atoms with Crippen LogP contribution in [-0.2, 0) is 0 Å². The van der Waals surface area contributed by atoms with Gasteiger partial charge in [0.25, 0.3) is 11.4 Å². The van der Waals surface area contributed by atoms with Gasteiger partial charge in [-0.15, -0.1) is 0 Å². The van der Waals surface area contributed by atoms with Gasteiger partial charge in [0, 0.05) is 11.6 Å². The molecule has 10 heteroatoms. The van der Waals surface area contributed by atoms with Gasteiger partial charge >= 0.3 is 5.97 Å². The second kappa shape index (κ2) is 8.36. The highest BCUT2D eigenvalue weighted by Crippen LogP contribution is 2.31. The first-order valence-electron chi connectivity index (χ1n) is 6.90. The number of hydrogen-bond donors (Lipinski definition) is 2. The maximum absolute atomic E-state index is 11.2. The lowest BCUT2D eigenvalue weighted by Gasteiger charge is -2.09. The lowest BCUT2D eigenvalue weighted by Crippen LogP contribution is -2.51.